The van der Waals surface area contributed by atoms with Crippen molar-refractivity contribution in [3.63, 3.8) is 0 Å². The Morgan fingerprint density at radius 1 is 1.45 bits per heavy atom. The van der Waals surface area contributed by atoms with Gasteiger partial charge in [-0.1, -0.05) is 0 Å². The van der Waals surface area contributed by atoms with Crippen molar-refractivity contribution >= 4 is 5.91 Å². The van der Waals surface area contributed by atoms with Crippen LogP contribution < -0.4 is 16.2 Å². The predicted molar refractivity (Wildman–Crippen MR) is 83.6 cm³/mol. The summed E-state index contributed by atoms with van der Waals surface area (Å²) in [5, 5.41) is 15.3. The average molecular weight is 302 g/mol. The normalized spacial score (nSPS) is 17.2. The second-order valence-electron chi connectivity index (χ2n) is 5.77. The first-order chi connectivity index (χ1) is 10.5. The molecule has 2 rings (SSSR count). The third kappa shape index (κ3) is 3.74. The van der Waals surface area contributed by atoms with Gasteiger partial charge in [0.05, 0.1) is 0 Å². The van der Waals surface area contributed by atoms with Crippen molar-refractivity contribution in [2.75, 3.05) is 13.1 Å². The molecular formula is C16H22N4O2. The Morgan fingerprint density at radius 3 is 2.86 bits per heavy atom. The monoisotopic (exact) mass is 302 g/mol. The average Bonchev–Trinajstić information content (AvgIpc) is 2.98. The number of aryl methyl sites for hydroxylation is 1. The Hall–Kier alpha value is -2.13. The molecule has 3 N–H and O–H groups in total. The molecule has 1 amide bonds. The zero-order valence-corrected chi connectivity index (χ0v) is 13.1. The van der Waals surface area contributed by atoms with Gasteiger partial charge in [-0.05, 0) is 50.8 Å². The molecule has 0 spiro atoms. The molecular weight excluding hydrogens is 280 g/mol. The van der Waals surface area contributed by atoms with Gasteiger partial charge < -0.3 is 15.6 Å². The molecule has 1 fully saturated rings. The maximum Gasteiger partial charge on any atom is 0.266 e. The Bertz CT molecular complexity index is 651. The van der Waals surface area contributed by atoms with E-state index in [1.165, 1.54) is 0 Å². The van der Waals surface area contributed by atoms with E-state index in [0.29, 0.717) is 31.0 Å². The maximum absolute atomic E-state index is 11.9. The largest absolute Gasteiger partial charge is 0.355 e. The van der Waals surface area contributed by atoms with E-state index in [0.717, 1.165) is 30.6 Å². The van der Waals surface area contributed by atoms with Crippen LogP contribution >= 0.6 is 0 Å². The molecule has 0 aliphatic carbocycles. The van der Waals surface area contributed by atoms with Gasteiger partial charge in [0, 0.05) is 24.7 Å². The maximum atomic E-state index is 11.9. The van der Waals surface area contributed by atoms with Gasteiger partial charge in [-0.15, -0.1) is 0 Å². The van der Waals surface area contributed by atoms with Crippen molar-refractivity contribution in [1.29, 1.82) is 5.26 Å². The summed E-state index contributed by atoms with van der Waals surface area (Å²) in [5.74, 6) is -0.00259. The van der Waals surface area contributed by atoms with E-state index in [2.05, 4.69) is 15.6 Å². The van der Waals surface area contributed by atoms with Crippen LogP contribution in [0, 0.1) is 25.2 Å². The number of nitrogens with zero attached hydrogens (tertiary/aromatic N) is 1. The number of hydrogen-bond donors (Lipinski definition) is 3. The second-order valence-corrected chi connectivity index (χ2v) is 5.77. The van der Waals surface area contributed by atoms with E-state index < -0.39 is 0 Å². The van der Waals surface area contributed by atoms with Crippen molar-refractivity contribution in [1.82, 2.24) is 15.6 Å². The first-order valence-corrected chi connectivity index (χ1v) is 7.65. The molecule has 0 radical (unpaired) electrons. The van der Waals surface area contributed by atoms with Gasteiger partial charge in [-0.3, -0.25) is 9.59 Å². The zero-order valence-electron chi connectivity index (χ0n) is 13.1. The van der Waals surface area contributed by atoms with Crippen LogP contribution in [0.2, 0.25) is 0 Å². The molecule has 1 aliphatic heterocycles. The molecule has 0 aromatic carbocycles. The molecule has 1 unspecified atom stereocenters. The third-order valence-corrected chi connectivity index (χ3v) is 4.23. The summed E-state index contributed by atoms with van der Waals surface area (Å²) in [4.78, 5) is 26.3. The van der Waals surface area contributed by atoms with E-state index in [-0.39, 0.29) is 17.0 Å². The fourth-order valence-corrected chi connectivity index (χ4v) is 2.92. The molecule has 0 saturated carbocycles. The fourth-order valence-electron chi connectivity index (χ4n) is 2.92. The number of hydrogen-bond acceptors (Lipinski definition) is 4. The van der Waals surface area contributed by atoms with Crippen molar-refractivity contribution < 1.29 is 4.79 Å². The van der Waals surface area contributed by atoms with E-state index in [4.69, 9.17) is 5.26 Å². The van der Waals surface area contributed by atoms with Crippen LogP contribution in [0.15, 0.2) is 4.79 Å². The molecule has 6 heteroatoms. The first-order valence-electron chi connectivity index (χ1n) is 7.65. The van der Waals surface area contributed by atoms with Gasteiger partial charge in [0.1, 0.15) is 11.6 Å². The lowest BCUT2D eigenvalue weighted by molar-refractivity contribution is -0.121. The van der Waals surface area contributed by atoms with E-state index in [1.54, 1.807) is 13.8 Å². The first kappa shape index (κ1) is 16.2. The lowest BCUT2D eigenvalue weighted by atomic mass is 9.99. The molecule has 2 heterocycles. The fraction of sp³-hybridized carbons (Fsp3) is 0.562. The summed E-state index contributed by atoms with van der Waals surface area (Å²) in [7, 11) is 0. The van der Waals surface area contributed by atoms with Gasteiger partial charge in [0.25, 0.3) is 5.56 Å². The molecule has 1 atom stereocenters. The number of pyridine rings is 1. The molecule has 1 aliphatic rings. The standard InChI is InChI=1S/C16H22N4O2/c1-10-13(11(2)20-16(22)14(10)8-17)5-6-15(21)19-9-12-4-3-7-18-12/h12,18H,3-7,9H2,1-2H3,(H,19,21)(H,20,22). The number of amides is 1. The van der Waals surface area contributed by atoms with Gasteiger partial charge in [-0.25, -0.2) is 0 Å². The number of carbonyl (C=O) groups excluding carboxylic acids is 1. The number of carbonyl (C=O) groups is 1. The van der Waals surface area contributed by atoms with Crippen LogP contribution in [0.25, 0.3) is 0 Å². The molecule has 118 valence electrons. The number of nitriles is 1. The summed E-state index contributed by atoms with van der Waals surface area (Å²) in [6, 6.07) is 2.31. The molecule has 1 aromatic heterocycles. The lowest BCUT2D eigenvalue weighted by Crippen LogP contribution is -2.37. The zero-order chi connectivity index (χ0) is 16.1. The summed E-state index contributed by atoms with van der Waals surface area (Å²) < 4.78 is 0. The summed E-state index contributed by atoms with van der Waals surface area (Å²) in [6.45, 7) is 5.24. The smallest absolute Gasteiger partial charge is 0.266 e. The van der Waals surface area contributed by atoms with E-state index >= 15 is 0 Å². The van der Waals surface area contributed by atoms with E-state index in [1.807, 2.05) is 6.07 Å². The molecule has 22 heavy (non-hydrogen) atoms. The summed E-state index contributed by atoms with van der Waals surface area (Å²) in [6.07, 6.45) is 3.13. The highest BCUT2D eigenvalue weighted by Crippen LogP contribution is 2.14. The van der Waals surface area contributed by atoms with Crippen LogP contribution in [0.3, 0.4) is 0 Å². The van der Waals surface area contributed by atoms with Crippen LogP contribution in [0.4, 0.5) is 0 Å². The molecule has 6 nitrogen and oxygen atoms in total. The third-order valence-electron chi connectivity index (χ3n) is 4.23. The Balaban J connectivity index is 1.95. The van der Waals surface area contributed by atoms with Gasteiger partial charge in [0.15, 0.2) is 0 Å². The topological polar surface area (TPSA) is 97.8 Å². The van der Waals surface area contributed by atoms with Crippen LogP contribution in [-0.2, 0) is 11.2 Å². The highest BCUT2D eigenvalue weighted by Gasteiger charge is 2.16. The van der Waals surface area contributed by atoms with Crippen LogP contribution in [0.5, 0.6) is 0 Å². The highest BCUT2D eigenvalue weighted by atomic mass is 16.1. The Labute approximate surface area is 129 Å². The molecule has 1 aromatic rings. The number of H-pyrrole nitrogens is 1. The van der Waals surface area contributed by atoms with Crippen LogP contribution in [-0.4, -0.2) is 30.0 Å². The minimum Gasteiger partial charge on any atom is -0.355 e. The molecule has 1 saturated heterocycles. The Morgan fingerprint density at radius 2 is 2.23 bits per heavy atom. The number of aromatic nitrogens is 1. The van der Waals surface area contributed by atoms with Crippen molar-refractivity contribution in [3.05, 3.63) is 32.7 Å². The van der Waals surface area contributed by atoms with Crippen molar-refractivity contribution in [2.45, 2.75) is 45.6 Å². The summed E-state index contributed by atoms with van der Waals surface area (Å²) in [5.41, 5.74) is 2.06. The van der Waals surface area contributed by atoms with Gasteiger partial charge >= 0.3 is 0 Å². The summed E-state index contributed by atoms with van der Waals surface area (Å²) >= 11 is 0. The Kier molecular flexibility index (Phi) is 5.34. The number of rotatable bonds is 5. The SMILES string of the molecule is Cc1[nH]c(=O)c(C#N)c(C)c1CCC(=O)NCC1CCCN1. The number of aromatic amines is 1. The quantitative estimate of drug-likeness (QED) is 0.744. The van der Waals surface area contributed by atoms with Crippen LogP contribution in [0.1, 0.15) is 41.6 Å². The van der Waals surface area contributed by atoms with E-state index in [9.17, 15) is 9.59 Å². The predicted octanol–water partition coefficient (Wildman–Crippen LogP) is 0.664. The van der Waals surface area contributed by atoms with Crippen molar-refractivity contribution in [2.24, 2.45) is 0 Å². The molecule has 0 bridgehead atoms. The van der Waals surface area contributed by atoms with Gasteiger partial charge in [-0.2, -0.15) is 5.26 Å². The van der Waals surface area contributed by atoms with Crippen molar-refractivity contribution in [3.8, 4) is 6.07 Å². The highest BCUT2D eigenvalue weighted by molar-refractivity contribution is 5.76. The second kappa shape index (κ2) is 7.23. The number of nitrogens with one attached hydrogen (secondary N) is 3. The van der Waals surface area contributed by atoms with Gasteiger partial charge in [0.2, 0.25) is 5.91 Å². The lowest BCUT2D eigenvalue weighted by Gasteiger charge is -2.13. The minimum atomic E-state index is -0.363. The minimum absolute atomic E-state index is 0.00259.